The molecule has 0 atom stereocenters. The smallest absolute Gasteiger partial charge is 0.205 e. The van der Waals surface area contributed by atoms with Crippen molar-refractivity contribution in [1.29, 1.82) is 0 Å². The largest absolute Gasteiger partial charge is 0.503 e. The molecular weight excluding hydrogens is 286 g/mol. The number of benzene rings is 1. The van der Waals surface area contributed by atoms with Crippen molar-refractivity contribution in [3.63, 3.8) is 0 Å². The van der Waals surface area contributed by atoms with Gasteiger partial charge >= 0.3 is 0 Å². The molecule has 0 bridgehead atoms. The lowest BCUT2D eigenvalue weighted by atomic mass is 10.2. The van der Waals surface area contributed by atoms with E-state index in [1.807, 2.05) is 0 Å². The minimum atomic E-state index is -1.83. The van der Waals surface area contributed by atoms with E-state index in [1.54, 1.807) is 0 Å². The number of aliphatic hydroxyl groups excluding tert-OH is 1. The minimum absolute atomic E-state index is 0.0672. The van der Waals surface area contributed by atoms with E-state index in [0.717, 1.165) is 0 Å². The topological polar surface area (TPSA) is 52.5 Å². The van der Waals surface area contributed by atoms with E-state index in [-0.39, 0.29) is 11.6 Å². The predicted molar refractivity (Wildman–Crippen MR) is 68.2 cm³/mol. The summed E-state index contributed by atoms with van der Waals surface area (Å²) in [5, 5.41) is 20.1. The van der Waals surface area contributed by atoms with Gasteiger partial charge in [0.1, 0.15) is 5.69 Å². The number of rotatable bonds is 5. The highest BCUT2D eigenvalue weighted by Gasteiger charge is 2.24. The molecule has 8 heteroatoms. The first-order chi connectivity index (χ1) is 8.86. The van der Waals surface area contributed by atoms with E-state index in [1.165, 1.54) is 6.92 Å². The van der Waals surface area contributed by atoms with Gasteiger partial charge in [-0.05, 0) is 19.1 Å². The lowest BCUT2D eigenvalue weighted by Gasteiger charge is -2.10. The number of aliphatic hydroxyl groups is 1. The molecule has 1 rings (SSSR count). The molecule has 0 aliphatic heterocycles. The molecule has 0 unspecified atom stereocenters. The van der Waals surface area contributed by atoms with Gasteiger partial charge in [-0.15, -0.1) is 0 Å². The quantitative estimate of drug-likeness (QED) is 0.169. The first-order valence-corrected chi connectivity index (χ1v) is 6.43. The number of aromatic hydroxyl groups is 1. The van der Waals surface area contributed by atoms with Gasteiger partial charge in [0, 0.05) is 6.54 Å². The molecule has 0 heterocycles. The lowest BCUT2D eigenvalue weighted by Crippen LogP contribution is -2.09. The Bertz CT molecular complexity index is 475. The van der Waals surface area contributed by atoms with Crippen LogP contribution in [0.1, 0.15) is 13.3 Å². The molecule has 19 heavy (non-hydrogen) atoms. The third kappa shape index (κ3) is 3.84. The van der Waals surface area contributed by atoms with Gasteiger partial charge in [-0.25, -0.2) is 8.78 Å². The predicted octanol–water partition coefficient (Wildman–Crippen LogP) is 2.92. The van der Waals surface area contributed by atoms with Crippen LogP contribution in [0.3, 0.4) is 0 Å². The highest BCUT2D eigenvalue weighted by Crippen LogP contribution is 2.31. The summed E-state index contributed by atoms with van der Waals surface area (Å²) in [6.45, 7) is 1.58. The maximum atomic E-state index is 13.3. The van der Waals surface area contributed by atoms with Crippen molar-refractivity contribution in [3.8, 4) is 5.75 Å². The fourth-order valence-electron chi connectivity index (χ4n) is 1.31. The molecule has 108 valence electrons. The van der Waals surface area contributed by atoms with Crippen molar-refractivity contribution in [2.45, 2.75) is 13.3 Å². The van der Waals surface area contributed by atoms with Gasteiger partial charge in [0.2, 0.25) is 11.6 Å². The van der Waals surface area contributed by atoms with Crippen LogP contribution >= 0.6 is 11.4 Å². The van der Waals surface area contributed by atoms with Crippen molar-refractivity contribution >= 4 is 22.1 Å². The van der Waals surface area contributed by atoms with E-state index >= 15 is 0 Å². The minimum Gasteiger partial charge on any atom is -0.503 e. The molecule has 0 aliphatic carbocycles. The monoisotopic (exact) mass is 299 g/mol. The van der Waals surface area contributed by atoms with Gasteiger partial charge in [0.25, 0.3) is 0 Å². The number of thiol groups is 1. The Morgan fingerprint density at radius 2 is 1.63 bits per heavy atom. The Kier molecular flexibility index (Phi) is 5.61. The zero-order chi connectivity index (χ0) is 14.6. The maximum absolute atomic E-state index is 13.3. The molecule has 3 N–H and O–H groups in total. The van der Waals surface area contributed by atoms with Gasteiger partial charge in [0.05, 0.1) is 5.05 Å². The molecule has 0 saturated heterocycles. The first-order valence-electron chi connectivity index (χ1n) is 5.35. The number of nitrogens with one attached hydrogen (secondary N) is 1. The molecule has 0 fully saturated rings. The molecule has 0 amide bonds. The van der Waals surface area contributed by atoms with Gasteiger partial charge in [-0.1, -0.05) is 0 Å². The Hall–Kier alpha value is -1.28. The number of anilines is 1. The van der Waals surface area contributed by atoms with Crippen LogP contribution in [0.4, 0.5) is 23.2 Å². The summed E-state index contributed by atoms with van der Waals surface area (Å²) in [5.74, 6) is -8.15. The van der Waals surface area contributed by atoms with Crippen LogP contribution in [0.5, 0.6) is 5.75 Å². The van der Waals surface area contributed by atoms with E-state index in [0.29, 0.717) is 23.5 Å². The average Bonchev–Trinajstić information content (AvgIpc) is 2.37. The molecule has 3 nitrogen and oxygen atoms in total. The number of halogens is 4. The normalized spacial score (nSPS) is 12.2. The van der Waals surface area contributed by atoms with Crippen molar-refractivity contribution < 1.29 is 27.8 Å². The Morgan fingerprint density at radius 1 is 1.11 bits per heavy atom. The molecule has 1 aromatic rings. The summed E-state index contributed by atoms with van der Waals surface area (Å²) in [6, 6.07) is 0. The van der Waals surface area contributed by atoms with Crippen LogP contribution in [0.15, 0.2) is 0 Å². The standard InChI is InChI=1S/C11H13F4NO2S/c1-5(17)19-4-2-3-16-10-6(12)8(14)11(18)9(15)7(10)13/h16-19H,2-4H2,1H3. The third-order valence-corrected chi connectivity index (χ3v) is 3.21. The number of hydrogen-bond acceptors (Lipinski definition) is 2. The van der Waals surface area contributed by atoms with Crippen LogP contribution < -0.4 is 5.32 Å². The average molecular weight is 299 g/mol. The number of phenols is 1. The van der Waals surface area contributed by atoms with Gasteiger partial charge in [0.15, 0.2) is 17.4 Å². The molecular formula is C11H13F4NO2S. The fraction of sp³-hybridized carbons (Fsp3) is 0.364. The summed E-state index contributed by atoms with van der Waals surface area (Å²) < 4.78 is 52.6. The van der Waals surface area contributed by atoms with Crippen molar-refractivity contribution in [1.82, 2.24) is 0 Å². The maximum Gasteiger partial charge on any atom is 0.205 e. The van der Waals surface area contributed by atoms with E-state index in [9.17, 15) is 17.6 Å². The van der Waals surface area contributed by atoms with Crippen LogP contribution in [0, 0.1) is 23.3 Å². The van der Waals surface area contributed by atoms with Crippen molar-refractivity contribution in [2.24, 2.45) is 0 Å². The molecule has 0 aliphatic rings. The second kappa shape index (κ2) is 6.76. The Balaban J connectivity index is 2.77. The summed E-state index contributed by atoms with van der Waals surface area (Å²) in [7, 11) is 0. The van der Waals surface area contributed by atoms with E-state index < -0.39 is 34.7 Å². The number of phenolic OH excluding ortho intramolecular Hbond substituents is 1. The Labute approximate surface area is 110 Å². The summed E-state index contributed by atoms with van der Waals surface area (Å²) >= 11 is 0.670. The SMILES string of the molecule is CC(O)=[SH]CCCNc1c(F)c(F)c(O)c(F)c1F. The number of hydrogen-bond donors (Lipinski definition) is 4. The Morgan fingerprint density at radius 3 is 2.11 bits per heavy atom. The highest BCUT2D eigenvalue weighted by molar-refractivity contribution is 7.98. The molecule has 0 saturated carbocycles. The summed E-state index contributed by atoms with van der Waals surface area (Å²) in [6.07, 6.45) is 0.433. The van der Waals surface area contributed by atoms with Crippen LogP contribution in [0.2, 0.25) is 0 Å². The van der Waals surface area contributed by atoms with Crippen LogP contribution in [-0.4, -0.2) is 27.6 Å². The van der Waals surface area contributed by atoms with E-state index in [4.69, 9.17) is 10.2 Å². The van der Waals surface area contributed by atoms with Gasteiger partial charge < -0.3 is 15.5 Å². The zero-order valence-electron chi connectivity index (χ0n) is 9.97. The molecule has 0 radical (unpaired) electrons. The third-order valence-electron chi connectivity index (χ3n) is 2.22. The summed E-state index contributed by atoms with van der Waals surface area (Å²) in [5.41, 5.74) is -0.950. The highest BCUT2D eigenvalue weighted by atomic mass is 32.1. The van der Waals surface area contributed by atoms with Crippen molar-refractivity contribution in [2.75, 3.05) is 17.6 Å². The van der Waals surface area contributed by atoms with Crippen LogP contribution in [-0.2, 0) is 0 Å². The summed E-state index contributed by atoms with van der Waals surface area (Å²) in [4.78, 5) is 0. The first kappa shape index (κ1) is 15.8. The van der Waals surface area contributed by atoms with Gasteiger partial charge in [-0.2, -0.15) is 20.1 Å². The van der Waals surface area contributed by atoms with Crippen molar-refractivity contribution in [3.05, 3.63) is 23.3 Å². The second-order valence-electron chi connectivity index (χ2n) is 3.69. The molecule has 1 aromatic carbocycles. The fourth-order valence-corrected chi connectivity index (χ4v) is 1.95. The lowest BCUT2D eigenvalue weighted by molar-refractivity contribution is 0.358. The van der Waals surface area contributed by atoms with E-state index in [2.05, 4.69) is 5.32 Å². The molecule has 0 spiro atoms. The zero-order valence-corrected chi connectivity index (χ0v) is 10.9. The molecule has 0 aromatic heterocycles. The second-order valence-corrected chi connectivity index (χ2v) is 5.10. The van der Waals surface area contributed by atoms with Gasteiger partial charge in [-0.3, -0.25) is 0 Å². The van der Waals surface area contributed by atoms with Crippen LogP contribution in [0.25, 0.3) is 0 Å².